The average Bonchev–Trinajstić information content (AvgIpc) is 2.68. The van der Waals surface area contributed by atoms with Crippen LogP contribution in [0.25, 0.3) is 4.96 Å². The number of fused-ring (bicyclic) bond motifs is 3. The summed E-state index contributed by atoms with van der Waals surface area (Å²) < 4.78 is 2.31. The Balaban J connectivity index is 2.20. The van der Waals surface area contributed by atoms with Crippen molar-refractivity contribution < 1.29 is 0 Å². The number of hydrogen-bond donors (Lipinski definition) is 0. The van der Waals surface area contributed by atoms with E-state index < -0.39 is 0 Å². The molecule has 0 amide bonds. The Hall–Kier alpha value is -0.830. The molecule has 0 spiro atoms. The second kappa shape index (κ2) is 2.85. The van der Waals surface area contributed by atoms with Crippen molar-refractivity contribution in [2.24, 2.45) is 0 Å². The molecule has 3 heteroatoms. The summed E-state index contributed by atoms with van der Waals surface area (Å²) >= 11 is 1.88. The lowest BCUT2D eigenvalue weighted by Crippen LogP contribution is -2.11. The molecule has 0 saturated heterocycles. The molecule has 1 aliphatic carbocycles. The van der Waals surface area contributed by atoms with E-state index in [0.717, 1.165) is 0 Å². The SMILES string of the molecule is CC(C)(C)c1cn2c3c(sc2n1)CCC3. The maximum absolute atomic E-state index is 4.73. The highest BCUT2D eigenvalue weighted by molar-refractivity contribution is 7.17. The predicted molar refractivity (Wildman–Crippen MR) is 63.8 cm³/mol. The molecule has 15 heavy (non-hydrogen) atoms. The largest absolute Gasteiger partial charge is 0.294 e. The van der Waals surface area contributed by atoms with Crippen LogP contribution in [0.2, 0.25) is 0 Å². The van der Waals surface area contributed by atoms with E-state index in [4.69, 9.17) is 4.98 Å². The van der Waals surface area contributed by atoms with Gasteiger partial charge in [-0.05, 0) is 19.3 Å². The Bertz CT molecular complexity index is 513. The lowest BCUT2D eigenvalue weighted by Gasteiger charge is -2.13. The summed E-state index contributed by atoms with van der Waals surface area (Å²) in [4.78, 5) is 7.47. The minimum absolute atomic E-state index is 0.164. The first-order chi connectivity index (χ1) is 7.05. The minimum Gasteiger partial charge on any atom is -0.294 e. The summed E-state index contributed by atoms with van der Waals surface area (Å²) in [5, 5.41) is 0. The zero-order valence-corrected chi connectivity index (χ0v) is 10.3. The van der Waals surface area contributed by atoms with Gasteiger partial charge in [0.15, 0.2) is 4.96 Å². The van der Waals surface area contributed by atoms with E-state index in [1.807, 2.05) is 11.3 Å². The number of nitrogens with zero attached hydrogens (tertiary/aromatic N) is 2. The van der Waals surface area contributed by atoms with Gasteiger partial charge in [0, 0.05) is 22.2 Å². The maximum atomic E-state index is 4.73. The molecule has 2 aromatic heterocycles. The third-order valence-electron chi connectivity index (χ3n) is 3.09. The zero-order valence-electron chi connectivity index (χ0n) is 9.50. The van der Waals surface area contributed by atoms with Gasteiger partial charge >= 0.3 is 0 Å². The normalized spacial score (nSPS) is 16.2. The molecule has 0 fully saturated rings. The number of aryl methyl sites for hydroxylation is 2. The van der Waals surface area contributed by atoms with Crippen molar-refractivity contribution in [3.63, 3.8) is 0 Å². The zero-order chi connectivity index (χ0) is 10.6. The number of aromatic nitrogens is 2. The van der Waals surface area contributed by atoms with Crippen LogP contribution in [-0.2, 0) is 18.3 Å². The van der Waals surface area contributed by atoms with E-state index in [1.165, 1.54) is 35.6 Å². The molecule has 2 nitrogen and oxygen atoms in total. The Morgan fingerprint density at radius 3 is 2.87 bits per heavy atom. The van der Waals surface area contributed by atoms with Gasteiger partial charge in [-0.3, -0.25) is 4.40 Å². The van der Waals surface area contributed by atoms with Crippen LogP contribution in [-0.4, -0.2) is 9.38 Å². The molecule has 2 heterocycles. The molecule has 80 valence electrons. The fourth-order valence-electron chi connectivity index (χ4n) is 2.17. The van der Waals surface area contributed by atoms with E-state index >= 15 is 0 Å². The smallest absolute Gasteiger partial charge is 0.194 e. The lowest BCUT2D eigenvalue weighted by molar-refractivity contribution is 0.573. The van der Waals surface area contributed by atoms with Crippen molar-refractivity contribution >= 4 is 16.3 Å². The van der Waals surface area contributed by atoms with Gasteiger partial charge in [-0.15, -0.1) is 11.3 Å². The summed E-state index contributed by atoms with van der Waals surface area (Å²) in [6.07, 6.45) is 6.04. The fraction of sp³-hybridized carbons (Fsp3) is 0.583. The van der Waals surface area contributed by atoms with Gasteiger partial charge in [0.1, 0.15) is 0 Å². The summed E-state index contributed by atoms with van der Waals surface area (Å²) in [5.41, 5.74) is 2.89. The topological polar surface area (TPSA) is 17.3 Å². The van der Waals surface area contributed by atoms with Gasteiger partial charge in [-0.1, -0.05) is 20.8 Å². The Labute approximate surface area is 94.0 Å². The van der Waals surface area contributed by atoms with E-state index in [2.05, 4.69) is 31.4 Å². The first kappa shape index (κ1) is 9.40. The molecule has 2 aromatic rings. The van der Waals surface area contributed by atoms with Gasteiger partial charge in [-0.25, -0.2) is 4.98 Å². The standard InChI is InChI=1S/C12H16N2S/c1-12(2,3)10-7-14-8-5-4-6-9(8)15-11(14)13-10/h7H,4-6H2,1-3H3. The molecule has 0 unspecified atom stereocenters. The van der Waals surface area contributed by atoms with Gasteiger partial charge in [-0.2, -0.15) is 0 Å². The van der Waals surface area contributed by atoms with Gasteiger partial charge in [0.05, 0.1) is 5.69 Å². The molecule has 0 aromatic carbocycles. The third-order valence-corrected chi connectivity index (χ3v) is 4.24. The predicted octanol–water partition coefficient (Wildman–Crippen LogP) is 3.18. The number of rotatable bonds is 0. The molecule has 0 saturated carbocycles. The Morgan fingerprint density at radius 1 is 1.33 bits per heavy atom. The average molecular weight is 220 g/mol. The van der Waals surface area contributed by atoms with Gasteiger partial charge in [0.25, 0.3) is 0 Å². The molecule has 1 aliphatic rings. The van der Waals surface area contributed by atoms with E-state index in [9.17, 15) is 0 Å². The molecule has 3 rings (SSSR count). The molecular weight excluding hydrogens is 204 g/mol. The number of thiazole rings is 1. The molecule has 0 atom stereocenters. The maximum Gasteiger partial charge on any atom is 0.194 e. The monoisotopic (exact) mass is 220 g/mol. The Morgan fingerprint density at radius 2 is 2.13 bits per heavy atom. The minimum atomic E-state index is 0.164. The van der Waals surface area contributed by atoms with Crippen molar-refractivity contribution in [2.75, 3.05) is 0 Å². The second-order valence-electron chi connectivity index (χ2n) is 5.35. The highest BCUT2D eigenvalue weighted by atomic mass is 32.1. The van der Waals surface area contributed by atoms with E-state index in [1.54, 1.807) is 4.88 Å². The molecular formula is C12H16N2S. The summed E-state index contributed by atoms with van der Waals surface area (Å²) in [7, 11) is 0. The summed E-state index contributed by atoms with van der Waals surface area (Å²) in [6.45, 7) is 6.67. The van der Waals surface area contributed by atoms with Gasteiger partial charge < -0.3 is 0 Å². The van der Waals surface area contributed by atoms with Crippen LogP contribution < -0.4 is 0 Å². The molecule has 0 radical (unpaired) electrons. The van der Waals surface area contributed by atoms with E-state index in [-0.39, 0.29) is 5.41 Å². The number of imidazole rings is 1. The fourth-order valence-corrected chi connectivity index (χ4v) is 3.36. The quantitative estimate of drug-likeness (QED) is 0.666. The first-order valence-corrected chi connectivity index (χ1v) is 6.37. The van der Waals surface area contributed by atoms with Crippen molar-refractivity contribution in [3.05, 3.63) is 22.5 Å². The molecule has 0 aliphatic heterocycles. The number of hydrogen-bond acceptors (Lipinski definition) is 2. The third kappa shape index (κ3) is 1.33. The lowest BCUT2D eigenvalue weighted by atomic mass is 9.93. The highest BCUT2D eigenvalue weighted by Gasteiger charge is 2.23. The summed E-state index contributed by atoms with van der Waals surface area (Å²) in [5.74, 6) is 0. The van der Waals surface area contributed by atoms with Crippen molar-refractivity contribution in [3.8, 4) is 0 Å². The van der Waals surface area contributed by atoms with E-state index in [0.29, 0.717) is 0 Å². The first-order valence-electron chi connectivity index (χ1n) is 5.56. The molecule has 0 bridgehead atoms. The van der Waals surface area contributed by atoms with Crippen molar-refractivity contribution in [1.82, 2.24) is 9.38 Å². The van der Waals surface area contributed by atoms with Crippen molar-refractivity contribution in [1.29, 1.82) is 0 Å². The molecule has 0 N–H and O–H groups in total. The Kier molecular flexibility index (Phi) is 1.78. The van der Waals surface area contributed by atoms with Crippen LogP contribution in [0.15, 0.2) is 6.20 Å². The van der Waals surface area contributed by atoms with Crippen LogP contribution >= 0.6 is 11.3 Å². The van der Waals surface area contributed by atoms with Crippen LogP contribution in [0.1, 0.15) is 43.5 Å². The van der Waals surface area contributed by atoms with Gasteiger partial charge in [0.2, 0.25) is 0 Å². The van der Waals surface area contributed by atoms with Crippen LogP contribution in [0.4, 0.5) is 0 Å². The van der Waals surface area contributed by atoms with Crippen LogP contribution in [0, 0.1) is 0 Å². The van der Waals surface area contributed by atoms with Crippen molar-refractivity contribution in [2.45, 2.75) is 45.4 Å². The highest BCUT2D eigenvalue weighted by Crippen LogP contribution is 2.32. The summed E-state index contributed by atoms with van der Waals surface area (Å²) in [6, 6.07) is 0. The van der Waals surface area contributed by atoms with Crippen LogP contribution in [0.3, 0.4) is 0 Å². The second-order valence-corrected chi connectivity index (χ2v) is 6.42. The van der Waals surface area contributed by atoms with Crippen LogP contribution in [0.5, 0.6) is 0 Å².